The van der Waals surface area contributed by atoms with Gasteiger partial charge >= 0.3 is 0 Å². The Morgan fingerprint density at radius 2 is 2.15 bits per heavy atom. The minimum absolute atomic E-state index is 0.150. The second kappa shape index (κ2) is 4.98. The van der Waals surface area contributed by atoms with E-state index in [0.29, 0.717) is 23.5 Å². The Hall–Kier alpha value is -1.75. The van der Waals surface area contributed by atoms with Gasteiger partial charge in [0.15, 0.2) is 5.82 Å². The van der Waals surface area contributed by atoms with Gasteiger partial charge in [0, 0.05) is 36.9 Å². The van der Waals surface area contributed by atoms with Crippen LogP contribution in [0.4, 0.5) is 14.5 Å². The van der Waals surface area contributed by atoms with Crippen LogP contribution in [0.2, 0.25) is 0 Å². The monoisotopic (exact) mass is 278 g/mol. The number of aliphatic hydroxyl groups excluding tert-OH is 1. The van der Waals surface area contributed by atoms with Gasteiger partial charge in [-0.05, 0) is 30.9 Å². The molecule has 0 radical (unpaired) electrons. The Morgan fingerprint density at radius 1 is 1.40 bits per heavy atom. The van der Waals surface area contributed by atoms with Crippen LogP contribution in [0.1, 0.15) is 12.8 Å². The summed E-state index contributed by atoms with van der Waals surface area (Å²) in [6.45, 7) is 0.446. The topological polar surface area (TPSA) is 36.4 Å². The lowest BCUT2D eigenvalue weighted by atomic mass is 10.1. The average Bonchev–Trinajstić information content (AvgIpc) is 3.22. The van der Waals surface area contributed by atoms with E-state index in [9.17, 15) is 13.9 Å². The molecule has 1 aliphatic rings. The first-order valence-corrected chi connectivity index (χ1v) is 6.69. The quantitative estimate of drug-likeness (QED) is 0.934. The molecular formula is C15H16F2N2O. The molecule has 1 atom stereocenters. The number of likely N-dealkylation sites (N-methyl/N-ethyl adjacent to an activating group) is 1. The summed E-state index contributed by atoms with van der Waals surface area (Å²) < 4.78 is 27.1. The summed E-state index contributed by atoms with van der Waals surface area (Å²) in [5.41, 5.74) is 0.824. The Bertz CT molecular complexity index is 643. The number of rotatable bonds is 4. The molecule has 0 spiro atoms. The third kappa shape index (κ3) is 2.45. The molecule has 1 heterocycles. The van der Waals surface area contributed by atoms with E-state index in [0.717, 1.165) is 18.9 Å². The molecule has 0 amide bonds. The molecule has 1 aliphatic carbocycles. The summed E-state index contributed by atoms with van der Waals surface area (Å²) in [5.74, 6) is -0.933. The number of aromatic nitrogens is 1. The summed E-state index contributed by atoms with van der Waals surface area (Å²) in [6, 6.07) is 3.82. The molecule has 1 unspecified atom stereocenters. The molecule has 0 aliphatic heterocycles. The predicted molar refractivity (Wildman–Crippen MR) is 73.7 cm³/mol. The van der Waals surface area contributed by atoms with Crippen molar-refractivity contribution in [1.82, 2.24) is 4.98 Å². The number of hydrogen-bond donors (Lipinski definition) is 1. The second-order valence-electron chi connectivity index (χ2n) is 5.40. The number of nitrogens with zero attached hydrogens (tertiary/aromatic N) is 2. The van der Waals surface area contributed by atoms with Gasteiger partial charge in [0.1, 0.15) is 11.3 Å². The van der Waals surface area contributed by atoms with Crippen molar-refractivity contribution in [2.45, 2.75) is 18.9 Å². The fourth-order valence-electron chi connectivity index (χ4n) is 2.51. The van der Waals surface area contributed by atoms with E-state index in [2.05, 4.69) is 4.98 Å². The maximum atomic E-state index is 13.7. The first-order chi connectivity index (χ1) is 9.56. The molecule has 1 N–H and O–H groups in total. The van der Waals surface area contributed by atoms with E-state index >= 15 is 0 Å². The fourth-order valence-corrected chi connectivity index (χ4v) is 2.51. The highest BCUT2D eigenvalue weighted by atomic mass is 19.1. The van der Waals surface area contributed by atoms with E-state index in [1.54, 1.807) is 6.07 Å². The van der Waals surface area contributed by atoms with Gasteiger partial charge in [-0.3, -0.25) is 4.98 Å². The number of aliphatic hydroxyl groups is 1. The molecule has 3 rings (SSSR count). The van der Waals surface area contributed by atoms with Gasteiger partial charge in [-0.25, -0.2) is 8.78 Å². The van der Waals surface area contributed by atoms with Gasteiger partial charge in [-0.2, -0.15) is 0 Å². The van der Waals surface area contributed by atoms with Gasteiger partial charge in [0.2, 0.25) is 0 Å². The summed E-state index contributed by atoms with van der Waals surface area (Å²) in [7, 11) is 1.81. The molecule has 0 bridgehead atoms. The Labute approximate surface area is 115 Å². The second-order valence-corrected chi connectivity index (χ2v) is 5.40. The molecular weight excluding hydrogens is 262 g/mol. The lowest BCUT2D eigenvalue weighted by molar-refractivity contribution is 0.158. The molecule has 1 saturated carbocycles. The molecule has 1 aromatic carbocycles. The van der Waals surface area contributed by atoms with Crippen LogP contribution in [0.15, 0.2) is 24.4 Å². The van der Waals surface area contributed by atoms with Crippen molar-refractivity contribution in [2.24, 2.45) is 5.92 Å². The fraction of sp³-hybridized carbons (Fsp3) is 0.400. The Balaban J connectivity index is 1.97. The van der Waals surface area contributed by atoms with Crippen LogP contribution in [-0.4, -0.2) is 29.8 Å². The minimum Gasteiger partial charge on any atom is -0.391 e. The molecule has 2 aromatic rings. The van der Waals surface area contributed by atoms with Crippen molar-refractivity contribution in [3.63, 3.8) is 0 Å². The highest BCUT2D eigenvalue weighted by Gasteiger charge is 2.30. The minimum atomic E-state index is -0.669. The van der Waals surface area contributed by atoms with Crippen molar-refractivity contribution in [1.29, 1.82) is 0 Å². The number of hydrogen-bond acceptors (Lipinski definition) is 3. The van der Waals surface area contributed by atoms with E-state index in [1.807, 2.05) is 11.9 Å². The number of benzene rings is 1. The van der Waals surface area contributed by atoms with Crippen molar-refractivity contribution < 1.29 is 13.9 Å². The zero-order valence-corrected chi connectivity index (χ0v) is 11.2. The number of anilines is 1. The average molecular weight is 278 g/mol. The molecule has 106 valence electrons. The summed E-state index contributed by atoms with van der Waals surface area (Å²) >= 11 is 0. The Kier molecular flexibility index (Phi) is 3.30. The summed E-state index contributed by atoms with van der Waals surface area (Å²) in [4.78, 5) is 5.79. The molecule has 3 nitrogen and oxygen atoms in total. The number of fused-ring (bicyclic) bond motifs is 1. The normalized spacial score (nSPS) is 16.4. The molecule has 0 saturated heterocycles. The summed E-state index contributed by atoms with van der Waals surface area (Å²) in [6.07, 6.45) is 3.20. The highest BCUT2D eigenvalue weighted by molar-refractivity contribution is 5.91. The first-order valence-electron chi connectivity index (χ1n) is 6.69. The highest BCUT2D eigenvalue weighted by Crippen LogP contribution is 2.34. The van der Waals surface area contributed by atoms with Crippen LogP contribution in [0.3, 0.4) is 0 Å². The van der Waals surface area contributed by atoms with Crippen LogP contribution in [0.5, 0.6) is 0 Å². The maximum Gasteiger partial charge on any atom is 0.152 e. The number of pyridine rings is 1. The molecule has 1 aromatic heterocycles. The van der Waals surface area contributed by atoms with Gasteiger partial charge < -0.3 is 10.0 Å². The van der Waals surface area contributed by atoms with Crippen molar-refractivity contribution in [2.75, 3.05) is 18.5 Å². The molecule has 5 heteroatoms. The first kappa shape index (κ1) is 13.2. The lowest BCUT2D eigenvalue weighted by Gasteiger charge is -2.24. The third-order valence-corrected chi connectivity index (χ3v) is 3.78. The van der Waals surface area contributed by atoms with Crippen LogP contribution < -0.4 is 4.90 Å². The van der Waals surface area contributed by atoms with Crippen LogP contribution in [0.25, 0.3) is 10.9 Å². The third-order valence-electron chi connectivity index (χ3n) is 3.78. The van der Waals surface area contributed by atoms with Gasteiger partial charge in [-0.1, -0.05) is 0 Å². The smallest absolute Gasteiger partial charge is 0.152 e. The molecule has 20 heavy (non-hydrogen) atoms. The molecule has 1 fully saturated rings. The Morgan fingerprint density at radius 3 is 2.85 bits per heavy atom. The van der Waals surface area contributed by atoms with E-state index in [1.165, 1.54) is 12.3 Å². The lowest BCUT2D eigenvalue weighted by Crippen LogP contribution is -2.30. The zero-order chi connectivity index (χ0) is 14.3. The van der Waals surface area contributed by atoms with Gasteiger partial charge in [0.25, 0.3) is 0 Å². The van der Waals surface area contributed by atoms with E-state index in [-0.39, 0.29) is 5.52 Å². The van der Waals surface area contributed by atoms with Gasteiger partial charge in [-0.15, -0.1) is 0 Å². The van der Waals surface area contributed by atoms with Crippen molar-refractivity contribution in [3.8, 4) is 0 Å². The van der Waals surface area contributed by atoms with Crippen molar-refractivity contribution >= 4 is 16.6 Å². The van der Waals surface area contributed by atoms with Gasteiger partial charge in [0.05, 0.1) is 6.10 Å². The standard InChI is InChI=1S/C15H16F2N2O/c1-19(8-14(20)9-2-3-9)13-4-5-18-15-11(13)6-10(16)7-12(15)17/h4-7,9,14,20H,2-3,8H2,1H3. The largest absolute Gasteiger partial charge is 0.391 e. The van der Waals surface area contributed by atoms with Crippen LogP contribution in [-0.2, 0) is 0 Å². The van der Waals surface area contributed by atoms with E-state index < -0.39 is 17.7 Å². The maximum absolute atomic E-state index is 13.7. The van der Waals surface area contributed by atoms with E-state index in [4.69, 9.17) is 0 Å². The zero-order valence-electron chi connectivity index (χ0n) is 11.2. The van der Waals surface area contributed by atoms with Crippen LogP contribution >= 0.6 is 0 Å². The number of halogens is 2. The predicted octanol–water partition coefficient (Wildman–Crippen LogP) is 2.72. The van der Waals surface area contributed by atoms with Crippen LogP contribution in [0, 0.1) is 17.6 Å². The summed E-state index contributed by atoms with van der Waals surface area (Å²) in [5, 5.41) is 10.4. The van der Waals surface area contributed by atoms with Crippen molar-refractivity contribution in [3.05, 3.63) is 36.0 Å². The SMILES string of the molecule is CN(CC(O)C1CC1)c1ccnc2c(F)cc(F)cc12.